The molecule has 1 aromatic rings. The molecule has 9 atom stereocenters. The van der Waals surface area contributed by atoms with Crippen molar-refractivity contribution in [1.82, 2.24) is 10.6 Å². The number of allylic oxidation sites excluding steroid dienone is 3. The fourth-order valence-electron chi connectivity index (χ4n) is 14.0. The predicted molar refractivity (Wildman–Crippen MR) is 216 cm³/mol. The number of hydrogen-bond acceptors (Lipinski definition) is 6. The number of esters is 2. The first-order valence-corrected chi connectivity index (χ1v) is 21.1. The minimum absolute atomic E-state index is 0.00122. The van der Waals surface area contributed by atoms with Gasteiger partial charge in [-0.25, -0.2) is 4.79 Å². The number of rotatable bonds is 12. The molecule has 0 unspecified atom stereocenters. The summed E-state index contributed by atoms with van der Waals surface area (Å²) in [6.45, 7) is 24.4. The highest BCUT2D eigenvalue weighted by molar-refractivity contribution is 5.90. The number of benzene rings is 1. The number of carbonyl (C=O) groups excluding carboxylic acids is 3. The lowest BCUT2D eigenvalue weighted by Crippen LogP contribution is -2.67. The van der Waals surface area contributed by atoms with Crippen LogP contribution in [0.2, 0.25) is 0 Å². The summed E-state index contributed by atoms with van der Waals surface area (Å²) in [6, 6.07) is 8.04. The summed E-state index contributed by atoms with van der Waals surface area (Å²) >= 11 is 0. The lowest BCUT2D eigenvalue weighted by molar-refractivity contribution is -0.229. The first kappa shape index (κ1) is 40.7. The monoisotopic (exact) mass is 743 g/mol. The van der Waals surface area contributed by atoms with E-state index in [9.17, 15) is 14.4 Å². The van der Waals surface area contributed by atoms with Crippen molar-refractivity contribution in [3.63, 3.8) is 0 Å². The molecule has 4 saturated carbocycles. The van der Waals surface area contributed by atoms with Crippen molar-refractivity contribution in [3.05, 3.63) is 53.6 Å². The van der Waals surface area contributed by atoms with Gasteiger partial charge in [0.2, 0.25) is 5.91 Å². The van der Waals surface area contributed by atoms with E-state index in [4.69, 9.17) is 9.47 Å². The van der Waals surface area contributed by atoms with Gasteiger partial charge in [-0.1, -0.05) is 71.9 Å². The third-order valence-electron chi connectivity index (χ3n) is 17.2. The molecule has 6 rings (SSSR count). The molecule has 0 aliphatic heterocycles. The lowest BCUT2D eigenvalue weighted by Gasteiger charge is -2.72. The van der Waals surface area contributed by atoms with E-state index in [1.807, 2.05) is 12.1 Å². The topological polar surface area (TPSA) is 93.7 Å². The Hall–Kier alpha value is -2.93. The van der Waals surface area contributed by atoms with E-state index < -0.39 is 0 Å². The van der Waals surface area contributed by atoms with Crippen LogP contribution in [0.1, 0.15) is 141 Å². The van der Waals surface area contributed by atoms with E-state index in [1.165, 1.54) is 56.6 Å². The maximum atomic E-state index is 14.6. The minimum Gasteiger partial charge on any atom is -0.469 e. The van der Waals surface area contributed by atoms with Gasteiger partial charge in [0.05, 0.1) is 25.2 Å². The summed E-state index contributed by atoms with van der Waals surface area (Å²) in [4.78, 5) is 38.2. The molecular formula is C47H70N2O5. The van der Waals surface area contributed by atoms with Crippen LogP contribution in [-0.4, -0.2) is 51.7 Å². The number of amides is 1. The van der Waals surface area contributed by atoms with Crippen LogP contribution in [0.4, 0.5) is 0 Å². The van der Waals surface area contributed by atoms with E-state index in [-0.39, 0.29) is 50.3 Å². The fraction of sp³-hybridized carbons (Fsp3) is 0.723. The van der Waals surface area contributed by atoms with Crippen LogP contribution in [0.15, 0.2) is 42.5 Å². The highest BCUT2D eigenvalue weighted by atomic mass is 16.5. The Morgan fingerprint density at radius 3 is 2.15 bits per heavy atom. The fourth-order valence-corrected chi connectivity index (χ4v) is 14.0. The van der Waals surface area contributed by atoms with Crippen LogP contribution in [0.5, 0.6) is 0 Å². The van der Waals surface area contributed by atoms with Gasteiger partial charge in [0.25, 0.3) is 0 Å². The molecule has 7 nitrogen and oxygen atoms in total. The molecule has 298 valence electrons. The molecule has 7 heteroatoms. The number of carbonyl (C=O) groups is 3. The normalized spacial score (nSPS) is 37.8. The van der Waals surface area contributed by atoms with Gasteiger partial charge < -0.3 is 20.1 Å². The number of ether oxygens (including phenoxy) is 2. The van der Waals surface area contributed by atoms with Gasteiger partial charge in [-0.3, -0.25) is 9.59 Å². The van der Waals surface area contributed by atoms with Crippen molar-refractivity contribution < 1.29 is 23.9 Å². The van der Waals surface area contributed by atoms with Crippen molar-refractivity contribution in [1.29, 1.82) is 0 Å². The van der Waals surface area contributed by atoms with Gasteiger partial charge in [0.1, 0.15) is 0 Å². The summed E-state index contributed by atoms with van der Waals surface area (Å²) in [5.41, 5.74) is 4.59. The molecule has 0 radical (unpaired) electrons. The standard InChI is InChI=1S/C47H70N2O5/c1-31(2)43(5)24-26-47(41(52)49-30-12-29-48-28-11-13-38(50)53-9)27-25-45(7)35(39(43)47)18-19-37-44(6)22-20-34(32-14-16-33(17-15-32)40(51)54-10)42(3,4)36(44)21-23-46(37,45)8/h14-17,20,35-37,39,48H,1,11-13,18-19,21-30H2,2-10H3,(H,49,52)/t35-,36+,37-,39+,43+,44+,45-,46-,47+/m1/s1. The number of nitrogens with one attached hydrogen (secondary N) is 2. The molecule has 0 bridgehead atoms. The molecule has 54 heavy (non-hydrogen) atoms. The van der Waals surface area contributed by atoms with E-state index in [2.05, 4.69) is 83.9 Å². The highest BCUT2D eigenvalue weighted by Crippen LogP contribution is 2.79. The van der Waals surface area contributed by atoms with E-state index in [0.29, 0.717) is 42.2 Å². The molecule has 1 aromatic carbocycles. The quantitative estimate of drug-likeness (QED) is 0.126. The predicted octanol–water partition coefficient (Wildman–Crippen LogP) is 9.56. The Labute approximate surface area is 326 Å². The van der Waals surface area contributed by atoms with Gasteiger partial charge >= 0.3 is 11.9 Å². The zero-order valence-corrected chi connectivity index (χ0v) is 35.1. The van der Waals surface area contributed by atoms with Crippen LogP contribution < -0.4 is 10.6 Å². The smallest absolute Gasteiger partial charge is 0.337 e. The maximum Gasteiger partial charge on any atom is 0.337 e. The van der Waals surface area contributed by atoms with E-state index >= 15 is 0 Å². The van der Waals surface area contributed by atoms with Crippen LogP contribution >= 0.6 is 0 Å². The third kappa shape index (κ3) is 6.31. The molecular weight excluding hydrogens is 673 g/mol. The van der Waals surface area contributed by atoms with Gasteiger partial charge in [0, 0.05) is 13.0 Å². The molecule has 0 aromatic heterocycles. The third-order valence-corrected chi connectivity index (χ3v) is 17.2. The van der Waals surface area contributed by atoms with Crippen molar-refractivity contribution >= 4 is 23.4 Å². The van der Waals surface area contributed by atoms with Gasteiger partial charge in [-0.2, -0.15) is 0 Å². The second-order valence-electron chi connectivity index (χ2n) is 19.7. The summed E-state index contributed by atoms with van der Waals surface area (Å²) in [6.07, 6.45) is 14.6. The zero-order valence-electron chi connectivity index (χ0n) is 35.1. The number of methoxy groups -OCH3 is 2. The van der Waals surface area contributed by atoms with Crippen molar-refractivity contribution in [3.8, 4) is 0 Å². The Kier molecular flexibility index (Phi) is 11.2. The maximum absolute atomic E-state index is 14.6. The van der Waals surface area contributed by atoms with Crippen LogP contribution in [-0.2, 0) is 19.1 Å². The molecule has 0 heterocycles. The van der Waals surface area contributed by atoms with Crippen molar-refractivity contribution in [2.45, 2.75) is 126 Å². The molecule has 5 aliphatic carbocycles. The Balaban J connectivity index is 1.22. The highest BCUT2D eigenvalue weighted by Gasteiger charge is 2.73. The zero-order chi connectivity index (χ0) is 39.3. The Bertz CT molecular complexity index is 1650. The Morgan fingerprint density at radius 1 is 0.796 bits per heavy atom. The second-order valence-corrected chi connectivity index (χ2v) is 19.7. The Morgan fingerprint density at radius 2 is 1.48 bits per heavy atom. The van der Waals surface area contributed by atoms with Crippen LogP contribution in [0.25, 0.3) is 5.57 Å². The van der Waals surface area contributed by atoms with Crippen LogP contribution in [0.3, 0.4) is 0 Å². The first-order chi connectivity index (χ1) is 25.5. The van der Waals surface area contributed by atoms with Crippen molar-refractivity contribution in [2.75, 3.05) is 33.9 Å². The largest absolute Gasteiger partial charge is 0.469 e. The lowest BCUT2D eigenvalue weighted by atomic mass is 9.32. The summed E-state index contributed by atoms with van der Waals surface area (Å²) in [5.74, 6) is 1.76. The molecule has 2 N–H and O–H groups in total. The molecule has 1 amide bonds. The van der Waals surface area contributed by atoms with Gasteiger partial charge in [-0.15, -0.1) is 0 Å². The molecule has 0 saturated heterocycles. The SMILES string of the molecule is C=C(C)[C@]1(C)CC[C@]2(C(=O)NCCCNCCCC(=O)OC)CC[C@]3(C)[C@H](CC[C@@H]4[C@@]5(C)CC=C(c6ccc(C(=O)OC)cc6)C(C)(C)[C@@H]5CC[C@]43C)[C@H]21. The van der Waals surface area contributed by atoms with E-state index in [1.54, 1.807) is 0 Å². The summed E-state index contributed by atoms with van der Waals surface area (Å²) in [7, 11) is 2.86. The molecule has 0 spiro atoms. The minimum atomic E-state index is -0.343. The van der Waals surface area contributed by atoms with E-state index in [0.717, 1.165) is 58.0 Å². The number of hydrogen-bond donors (Lipinski definition) is 2. The molecule has 4 fully saturated rings. The van der Waals surface area contributed by atoms with Gasteiger partial charge in [-0.05, 0) is 165 Å². The number of fused-ring (bicyclic) bond motifs is 7. The second kappa shape index (κ2) is 14.9. The average Bonchev–Trinajstić information content (AvgIpc) is 3.47. The van der Waals surface area contributed by atoms with Crippen molar-refractivity contribution in [2.24, 2.45) is 56.2 Å². The summed E-state index contributed by atoms with van der Waals surface area (Å²) in [5, 5.41) is 6.87. The van der Waals surface area contributed by atoms with Gasteiger partial charge in [0.15, 0.2) is 0 Å². The average molecular weight is 743 g/mol. The summed E-state index contributed by atoms with van der Waals surface area (Å²) < 4.78 is 9.71. The first-order valence-electron chi connectivity index (χ1n) is 21.1. The molecule has 5 aliphatic rings. The van der Waals surface area contributed by atoms with Crippen LogP contribution in [0, 0.1) is 56.2 Å².